The number of aryl methyl sites for hydroxylation is 1. The average molecular weight is 398 g/mol. The molecule has 5 nitrogen and oxygen atoms in total. The van der Waals surface area contributed by atoms with Crippen LogP contribution in [0.5, 0.6) is 5.75 Å². The molecule has 0 spiro atoms. The number of H-pyrrole nitrogens is 1. The van der Waals surface area contributed by atoms with Gasteiger partial charge >= 0.3 is 0 Å². The first-order valence-electron chi connectivity index (χ1n) is 9.39. The fraction of sp³-hybridized carbons (Fsp3) is 0.273. The Balaban J connectivity index is 1.67. The Morgan fingerprint density at radius 1 is 1.25 bits per heavy atom. The number of hydrogen-bond acceptors (Lipinski definition) is 3. The van der Waals surface area contributed by atoms with Crippen molar-refractivity contribution in [1.29, 1.82) is 0 Å². The lowest BCUT2D eigenvalue weighted by Crippen LogP contribution is -2.33. The number of hydrogen-bond donors (Lipinski definition) is 2. The maximum atomic E-state index is 12.7. The van der Waals surface area contributed by atoms with E-state index < -0.39 is 0 Å². The highest BCUT2D eigenvalue weighted by Gasteiger charge is 2.18. The molecule has 1 unspecified atom stereocenters. The SMILES string of the molecule is CCOc1ccc(-c2[nH]ncc2C(=O)NC(C)CCc2ccccc2)cc1Cl. The van der Waals surface area contributed by atoms with Crippen LogP contribution in [0.4, 0.5) is 0 Å². The average Bonchev–Trinajstić information content (AvgIpc) is 3.19. The van der Waals surface area contributed by atoms with Crippen LogP contribution in [0.1, 0.15) is 36.2 Å². The third-order valence-corrected chi connectivity index (χ3v) is 4.79. The molecule has 1 heterocycles. The van der Waals surface area contributed by atoms with E-state index in [4.69, 9.17) is 16.3 Å². The van der Waals surface area contributed by atoms with E-state index in [-0.39, 0.29) is 11.9 Å². The Kier molecular flexibility index (Phi) is 6.71. The normalized spacial score (nSPS) is 11.8. The smallest absolute Gasteiger partial charge is 0.255 e. The number of halogens is 1. The van der Waals surface area contributed by atoms with Crippen molar-refractivity contribution < 1.29 is 9.53 Å². The topological polar surface area (TPSA) is 67.0 Å². The van der Waals surface area contributed by atoms with Gasteiger partial charge in [0.15, 0.2) is 0 Å². The van der Waals surface area contributed by atoms with Crippen LogP contribution in [0.2, 0.25) is 5.02 Å². The third kappa shape index (κ3) is 4.93. The van der Waals surface area contributed by atoms with E-state index in [2.05, 4.69) is 27.6 Å². The van der Waals surface area contributed by atoms with Crippen molar-refractivity contribution >= 4 is 17.5 Å². The number of amides is 1. The molecule has 6 heteroatoms. The molecule has 0 aliphatic rings. The highest BCUT2D eigenvalue weighted by Crippen LogP contribution is 2.31. The lowest BCUT2D eigenvalue weighted by molar-refractivity contribution is 0.0939. The van der Waals surface area contributed by atoms with E-state index in [0.29, 0.717) is 28.6 Å². The Morgan fingerprint density at radius 3 is 2.75 bits per heavy atom. The van der Waals surface area contributed by atoms with Gasteiger partial charge in [-0.05, 0) is 50.5 Å². The second-order valence-corrected chi connectivity index (χ2v) is 7.04. The largest absolute Gasteiger partial charge is 0.492 e. The molecular formula is C22H24ClN3O2. The van der Waals surface area contributed by atoms with Crippen molar-refractivity contribution in [2.45, 2.75) is 32.7 Å². The Hall–Kier alpha value is -2.79. The van der Waals surface area contributed by atoms with Crippen LogP contribution in [-0.2, 0) is 6.42 Å². The second-order valence-electron chi connectivity index (χ2n) is 6.64. The molecule has 146 valence electrons. The summed E-state index contributed by atoms with van der Waals surface area (Å²) < 4.78 is 5.47. The summed E-state index contributed by atoms with van der Waals surface area (Å²) in [5.74, 6) is 0.460. The molecule has 0 aliphatic heterocycles. The minimum Gasteiger partial charge on any atom is -0.492 e. The molecule has 2 N–H and O–H groups in total. The van der Waals surface area contributed by atoms with E-state index in [1.165, 1.54) is 5.56 Å². The summed E-state index contributed by atoms with van der Waals surface area (Å²) in [6, 6.07) is 15.7. The van der Waals surface area contributed by atoms with Crippen LogP contribution in [0.25, 0.3) is 11.3 Å². The van der Waals surface area contributed by atoms with Gasteiger partial charge in [0.05, 0.1) is 29.1 Å². The van der Waals surface area contributed by atoms with Crippen molar-refractivity contribution in [2.75, 3.05) is 6.61 Å². The number of aromatic nitrogens is 2. The fourth-order valence-corrected chi connectivity index (χ4v) is 3.24. The number of nitrogens with one attached hydrogen (secondary N) is 2. The molecule has 1 amide bonds. The van der Waals surface area contributed by atoms with Crippen LogP contribution < -0.4 is 10.1 Å². The summed E-state index contributed by atoms with van der Waals surface area (Å²) in [6.07, 6.45) is 3.31. The van der Waals surface area contributed by atoms with E-state index >= 15 is 0 Å². The van der Waals surface area contributed by atoms with Crippen LogP contribution in [0, 0.1) is 0 Å². The monoisotopic (exact) mass is 397 g/mol. The van der Waals surface area contributed by atoms with Crippen LogP contribution in [0.15, 0.2) is 54.7 Å². The standard InChI is InChI=1S/C22H24ClN3O2/c1-3-28-20-12-11-17(13-19(20)23)21-18(14-24-26-21)22(27)25-15(2)9-10-16-7-5-4-6-8-16/h4-8,11-15H,3,9-10H2,1-2H3,(H,24,26)(H,25,27). The molecule has 0 fully saturated rings. The van der Waals surface area contributed by atoms with Gasteiger partial charge in [-0.1, -0.05) is 41.9 Å². The van der Waals surface area contributed by atoms with Crippen LogP contribution >= 0.6 is 11.6 Å². The van der Waals surface area contributed by atoms with Gasteiger partial charge in [-0.25, -0.2) is 0 Å². The number of carbonyl (C=O) groups is 1. The van der Waals surface area contributed by atoms with Crippen molar-refractivity contribution in [3.05, 3.63) is 70.9 Å². The molecule has 1 atom stereocenters. The highest BCUT2D eigenvalue weighted by molar-refractivity contribution is 6.32. The summed E-state index contributed by atoms with van der Waals surface area (Å²) in [6.45, 7) is 4.45. The minimum absolute atomic E-state index is 0.0411. The van der Waals surface area contributed by atoms with E-state index in [9.17, 15) is 4.79 Å². The summed E-state index contributed by atoms with van der Waals surface area (Å²) in [4.78, 5) is 12.7. The van der Waals surface area contributed by atoms with E-state index in [1.807, 2.05) is 38.1 Å². The van der Waals surface area contributed by atoms with Gasteiger partial charge < -0.3 is 10.1 Å². The Morgan fingerprint density at radius 2 is 2.04 bits per heavy atom. The van der Waals surface area contributed by atoms with Crippen molar-refractivity contribution in [3.8, 4) is 17.0 Å². The quantitative estimate of drug-likeness (QED) is 0.569. The molecule has 3 aromatic rings. The Bertz CT molecular complexity index is 925. The summed E-state index contributed by atoms with van der Waals surface area (Å²) >= 11 is 6.28. The summed E-state index contributed by atoms with van der Waals surface area (Å²) in [5.41, 5.74) is 3.18. The van der Waals surface area contributed by atoms with E-state index in [1.54, 1.807) is 18.3 Å². The molecule has 28 heavy (non-hydrogen) atoms. The number of benzene rings is 2. The van der Waals surface area contributed by atoms with Gasteiger partial charge in [0.1, 0.15) is 5.75 Å². The van der Waals surface area contributed by atoms with Gasteiger partial charge in [-0.2, -0.15) is 5.10 Å². The zero-order valence-corrected chi connectivity index (χ0v) is 16.8. The molecule has 0 radical (unpaired) electrons. The lowest BCUT2D eigenvalue weighted by Gasteiger charge is -2.14. The number of nitrogens with zero attached hydrogens (tertiary/aromatic N) is 1. The second kappa shape index (κ2) is 9.42. The number of aromatic amines is 1. The van der Waals surface area contributed by atoms with Gasteiger partial charge in [-0.15, -0.1) is 0 Å². The van der Waals surface area contributed by atoms with Gasteiger partial charge in [-0.3, -0.25) is 9.89 Å². The van der Waals surface area contributed by atoms with Crippen LogP contribution in [-0.4, -0.2) is 28.8 Å². The first kappa shape index (κ1) is 20.0. The van der Waals surface area contributed by atoms with Crippen molar-refractivity contribution in [2.24, 2.45) is 0 Å². The highest BCUT2D eigenvalue weighted by atomic mass is 35.5. The molecular weight excluding hydrogens is 374 g/mol. The molecule has 0 saturated carbocycles. The lowest BCUT2D eigenvalue weighted by atomic mass is 10.0. The molecule has 2 aromatic carbocycles. The van der Waals surface area contributed by atoms with Gasteiger partial charge in [0.25, 0.3) is 5.91 Å². The van der Waals surface area contributed by atoms with Gasteiger partial charge in [0, 0.05) is 11.6 Å². The summed E-state index contributed by atoms with van der Waals surface area (Å²) in [7, 11) is 0. The maximum Gasteiger partial charge on any atom is 0.255 e. The number of ether oxygens (including phenoxy) is 1. The third-order valence-electron chi connectivity index (χ3n) is 4.49. The minimum atomic E-state index is -0.158. The molecule has 0 bridgehead atoms. The fourth-order valence-electron chi connectivity index (χ4n) is 3.01. The van der Waals surface area contributed by atoms with Crippen molar-refractivity contribution in [1.82, 2.24) is 15.5 Å². The van der Waals surface area contributed by atoms with E-state index in [0.717, 1.165) is 18.4 Å². The number of rotatable bonds is 8. The first-order chi connectivity index (χ1) is 13.6. The number of carbonyl (C=O) groups excluding carboxylic acids is 1. The predicted molar refractivity (Wildman–Crippen MR) is 112 cm³/mol. The molecule has 3 rings (SSSR count). The Labute approximate surface area is 170 Å². The predicted octanol–water partition coefficient (Wildman–Crippen LogP) is 4.88. The van der Waals surface area contributed by atoms with Gasteiger partial charge in [0.2, 0.25) is 0 Å². The summed E-state index contributed by atoms with van der Waals surface area (Å²) in [5, 5.41) is 10.5. The molecule has 0 aliphatic carbocycles. The molecule has 0 saturated heterocycles. The maximum absolute atomic E-state index is 12.7. The molecule has 1 aromatic heterocycles. The van der Waals surface area contributed by atoms with Crippen molar-refractivity contribution in [3.63, 3.8) is 0 Å². The zero-order valence-electron chi connectivity index (χ0n) is 16.0. The van der Waals surface area contributed by atoms with Crippen LogP contribution in [0.3, 0.4) is 0 Å². The first-order valence-corrected chi connectivity index (χ1v) is 9.77. The zero-order chi connectivity index (χ0) is 19.9.